The zero-order chi connectivity index (χ0) is 19.7. The van der Waals surface area contributed by atoms with E-state index >= 15 is 0 Å². The number of aliphatic hydroxyl groups is 1. The Balaban J connectivity index is 1.75. The fourth-order valence-electron chi connectivity index (χ4n) is 2.70. The van der Waals surface area contributed by atoms with Gasteiger partial charge in [0.25, 0.3) is 0 Å². The molecule has 1 N–H and O–H groups in total. The molecule has 2 aliphatic heterocycles. The molecule has 0 fully saturated rings. The van der Waals surface area contributed by atoms with E-state index in [4.69, 9.17) is 14.2 Å². The van der Waals surface area contributed by atoms with E-state index in [2.05, 4.69) is 4.99 Å². The van der Waals surface area contributed by atoms with Gasteiger partial charge in [-0.2, -0.15) is 0 Å². The van der Waals surface area contributed by atoms with Crippen LogP contribution in [0.3, 0.4) is 0 Å². The largest absolute Gasteiger partial charge is 0.506 e. The van der Waals surface area contributed by atoms with Gasteiger partial charge in [-0.15, -0.1) is 0 Å². The van der Waals surface area contributed by atoms with Crippen molar-refractivity contribution in [1.82, 2.24) is 0 Å². The van der Waals surface area contributed by atoms with Gasteiger partial charge in [0.1, 0.15) is 27.9 Å². The summed E-state index contributed by atoms with van der Waals surface area (Å²) in [5.41, 5.74) is 0.681. The van der Waals surface area contributed by atoms with Gasteiger partial charge in [-0.25, -0.2) is 14.2 Å². The van der Waals surface area contributed by atoms with Gasteiger partial charge in [0.15, 0.2) is 11.5 Å². The summed E-state index contributed by atoms with van der Waals surface area (Å²) in [6.45, 7) is 0.154. The highest BCUT2D eigenvalue weighted by Gasteiger charge is 2.33. The summed E-state index contributed by atoms with van der Waals surface area (Å²) in [4.78, 5) is 16.8. The van der Waals surface area contributed by atoms with Gasteiger partial charge >= 0.3 is 5.97 Å². The van der Waals surface area contributed by atoms with E-state index in [1.165, 1.54) is 19.2 Å². The number of halogens is 1. The Bertz CT molecular complexity index is 1060. The summed E-state index contributed by atoms with van der Waals surface area (Å²) in [5, 5.41) is 10.7. The van der Waals surface area contributed by atoms with Crippen molar-refractivity contribution in [2.75, 3.05) is 13.9 Å². The number of para-hydroxylation sites is 1. The molecule has 8 heteroatoms. The number of fused-ring (bicyclic) bond motifs is 1. The Hall–Kier alpha value is -3.26. The average Bonchev–Trinajstić information content (AvgIpc) is 3.27. The molecule has 0 radical (unpaired) electrons. The number of benzene rings is 2. The van der Waals surface area contributed by atoms with Crippen molar-refractivity contribution < 1.29 is 28.5 Å². The molecule has 0 unspecified atom stereocenters. The van der Waals surface area contributed by atoms with Crippen LogP contribution in [0.4, 0.5) is 10.1 Å². The van der Waals surface area contributed by atoms with Crippen LogP contribution >= 0.6 is 11.8 Å². The molecule has 0 saturated carbocycles. The number of carbonyl (C=O) groups is 1. The van der Waals surface area contributed by atoms with Gasteiger partial charge in [0.05, 0.1) is 12.0 Å². The first-order valence-corrected chi connectivity index (χ1v) is 9.03. The Morgan fingerprint density at radius 1 is 1.25 bits per heavy atom. The number of carbonyl (C=O) groups excluding carboxylic acids is 1. The molecule has 0 atom stereocenters. The molecule has 6 nitrogen and oxygen atoms in total. The second-order valence-corrected chi connectivity index (χ2v) is 6.84. The third kappa shape index (κ3) is 3.34. The molecule has 2 aliphatic rings. The molecule has 2 aromatic rings. The number of rotatable bonds is 3. The molecule has 0 aliphatic carbocycles. The van der Waals surface area contributed by atoms with Gasteiger partial charge in [0.2, 0.25) is 6.79 Å². The molecular weight excluding hydrogens is 385 g/mol. The van der Waals surface area contributed by atoms with Gasteiger partial charge in [0, 0.05) is 0 Å². The molecule has 0 spiro atoms. The Kier molecular flexibility index (Phi) is 4.79. The van der Waals surface area contributed by atoms with E-state index in [0.717, 1.165) is 17.3 Å². The average molecular weight is 399 g/mol. The van der Waals surface area contributed by atoms with E-state index in [0.29, 0.717) is 16.4 Å². The maximum Gasteiger partial charge on any atom is 0.344 e. The number of ether oxygens (including phenoxy) is 3. The monoisotopic (exact) mass is 399 g/mol. The van der Waals surface area contributed by atoms with Crippen molar-refractivity contribution in [3.63, 3.8) is 0 Å². The van der Waals surface area contributed by atoms with Crippen LogP contribution in [0.2, 0.25) is 0 Å². The van der Waals surface area contributed by atoms with E-state index < -0.39 is 11.8 Å². The Morgan fingerprint density at radius 2 is 2.04 bits per heavy atom. The normalized spacial score (nSPS) is 18.2. The number of esters is 1. The molecule has 2 aromatic carbocycles. The van der Waals surface area contributed by atoms with E-state index in [9.17, 15) is 14.3 Å². The molecular formula is C20H14FNO5S. The molecule has 0 saturated heterocycles. The minimum Gasteiger partial charge on any atom is -0.506 e. The predicted molar refractivity (Wildman–Crippen MR) is 103 cm³/mol. The molecule has 0 amide bonds. The summed E-state index contributed by atoms with van der Waals surface area (Å²) < 4.78 is 29.4. The number of hydrogen-bond donors (Lipinski definition) is 1. The zero-order valence-corrected chi connectivity index (χ0v) is 15.5. The number of hydrogen-bond acceptors (Lipinski definition) is 7. The fourth-order valence-corrected chi connectivity index (χ4v) is 3.72. The van der Waals surface area contributed by atoms with Gasteiger partial charge < -0.3 is 19.3 Å². The standard InChI is InChI=1S/C20H14FNO5S/c1-25-20(24)17-18(23)16(9-11-6-7-14-15(8-11)27-10-26-14)28-19(17)22-13-5-3-2-4-12(13)21/h2-9,23H,10H2,1H3. The highest BCUT2D eigenvalue weighted by molar-refractivity contribution is 8.18. The summed E-state index contributed by atoms with van der Waals surface area (Å²) in [7, 11) is 1.20. The van der Waals surface area contributed by atoms with E-state index in [1.54, 1.807) is 36.4 Å². The van der Waals surface area contributed by atoms with E-state index in [1.807, 2.05) is 0 Å². The highest BCUT2D eigenvalue weighted by Crippen LogP contribution is 2.41. The highest BCUT2D eigenvalue weighted by atomic mass is 32.2. The third-order valence-corrected chi connectivity index (χ3v) is 5.07. The summed E-state index contributed by atoms with van der Waals surface area (Å²) in [6.07, 6.45) is 1.68. The molecule has 142 valence electrons. The number of nitrogens with zero attached hydrogens (tertiary/aromatic N) is 1. The minimum atomic E-state index is -0.755. The lowest BCUT2D eigenvalue weighted by Gasteiger charge is -2.02. The number of aliphatic imine (C=N–C) groups is 1. The Morgan fingerprint density at radius 3 is 2.82 bits per heavy atom. The third-order valence-electron chi connectivity index (χ3n) is 4.05. The van der Waals surface area contributed by atoms with Crippen molar-refractivity contribution in [3.05, 3.63) is 70.1 Å². The van der Waals surface area contributed by atoms with E-state index in [-0.39, 0.29) is 28.9 Å². The Labute approximate surface area is 163 Å². The topological polar surface area (TPSA) is 77.4 Å². The second kappa shape index (κ2) is 7.40. The fraction of sp³-hybridized carbons (Fsp3) is 0.100. The van der Waals surface area contributed by atoms with Crippen LogP contribution < -0.4 is 9.47 Å². The molecule has 28 heavy (non-hydrogen) atoms. The quantitative estimate of drug-likeness (QED) is 0.773. The number of aliphatic hydroxyl groups excluding tert-OH is 1. The van der Waals surface area contributed by atoms with Crippen LogP contribution in [0.1, 0.15) is 5.56 Å². The molecule has 0 aromatic heterocycles. The molecule has 4 rings (SSSR count). The maximum absolute atomic E-state index is 14.0. The SMILES string of the molecule is COC(=O)C1=C(O)C(=Cc2ccc3c(c2)OCO3)SC1=Nc1ccccc1F. The molecule has 0 bridgehead atoms. The maximum atomic E-state index is 14.0. The second-order valence-electron chi connectivity index (χ2n) is 5.81. The van der Waals surface area contributed by atoms with Crippen LogP contribution in [0.25, 0.3) is 6.08 Å². The first-order chi connectivity index (χ1) is 13.6. The lowest BCUT2D eigenvalue weighted by Crippen LogP contribution is -2.10. The van der Waals surface area contributed by atoms with Crippen molar-refractivity contribution in [3.8, 4) is 11.5 Å². The summed E-state index contributed by atoms with van der Waals surface area (Å²) in [5.74, 6) is -0.335. The number of methoxy groups -OCH3 is 1. The lowest BCUT2D eigenvalue weighted by molar-refractivity contribution is -0.135. The smallest absolute Gasteiger partial charge is 0.344 e. The zero-order valence-electron chi connectivity index (χ0n) is 14.6. The van der Waals surface area contributed by atoms with Crippen LogP contribution in [0, 0.1) is 5.82 Å². The first-order valence-electron chi connectivity index (χ1n) is 8.21. The van der Waals surface area contributed by atoms with Gasteiger partial charge in [-0.3, -0.25) is 0 Å². The van der Waals surface area contributed by atoms with Crippen LogP contribution in [-0.2, 0) is 9.53 Å². The summed E-state index contributed by atoms with van der Waals surface area (Å²) >= 11 is 1.05. The van der Waals surface area contributed by atoms with Gasteiger partial charge in [-0.1, -0.05) is 30.0 Å². The lowest BCUT2D eigenvalue weighted by atomic mass is 10.1. The predicted octanol–water partition coefficient (Wildman–Crippen LogP) is 4.36. The van der Waals surface area contributed by atoms with Crippen molar-refractivity contribution in [1.29, 1.82) is 0 Å². The first kappa shape index (κ1) is 18.1. The minimum absolute atomic E-state index is 0.0588. The van der Waals surface area contributed by atoms with Crippen molar-refractivity contribution >= 4 is 34.5 Å². The van der Waals surface area contributed by atoms with Gasteiger partial charge in [-0.05, 0) is 35.9 Å². The van der Waals surface area contributed by atoms with Crippen LogP contribution in [0.15, 0.2) is 63.7 Å². The number of thioether (sulfide) groups is 1. The van der Waals surface area contributed by atoms with Crippen molar-refractivity contribution in [2.24, 2.45) is 4.99 Å². The summed E-state index contributed by atoms with van der Waals surface area (Å²) in [6, 6.07) is 11.2. The van der Waals surface area contributed by atoms with Crippen LogP contribution in [-0.4, -0.2) is 30.0 Å². The van der Waals surface area contributed by atoms with Crippen LogP contribution in [0.5, 0.6) is 11.5 Å². The molecule has 2 heterocycles. The van der Waals surface area contributed by atoms with Crippen molar-refractivity contribution in [2.45, 2.75) is 0 Å².